The van der Waals surface area contributed by atoms with Crippen molar-refractivity contribution in [2.45, 2.75) is 18.9 Å². The van der Waals surface area contributed by atoms with Gasteiger partial charge in [0.15, 0.2) is 0 Å². The van der Waals surface area contributed by atoms with Gasteiger partial charge in [0.1, 0.15) is 6.04 Å². The zero-order valence-electron chi connectivity index (χ0n) is 16.9. The third-order valence-corrected chi connectivity index (χ3v) is 4.17. The first-order valence-corrected chi connectivity index (χ1v) is 9.65. The van der Waals surface area contributed by atoms with E-state index in [9.17, 15) is 19.6 Å². The monoisotopic (exact) mass is 423 g/mol. The van der Waals surface area contributed by atoms with Crippen molar-refractivity contribution in [3.05, 3.63) is 65.7 Å². The molecular formula is C22H25N5O4. The molecule has 2 aromatic rings. The highest BCUT2D eigenvalue weighted by molar-refractivity contribution is 5.97. The highest BCUT2D eigenvalue weighted by Gasteiger charge is 2.24. The SMILES string of the molecule is NCCCC(=O)Nc1ccc(C#CN(O)C(=O)[C@H](CN)NC(=O)c2ccccc2)cc1. The molecule has 0 heterocycles. The van der Waals surface area contributed by atoms with Gasteiger partial charge in [-0.05, 0) is 55.3 Å². The summed E-state index contributed by atoms with van der Waals surface area (Å²) in [6.07, 6.45) is 0.939. The van der Waals surface area contributed by atoms with Crippen molar-refractivity contribution in [2.75, 3.05) is 18.4 Å². The number of nitrogens with one attached hydrogen (secondary N) is 2. The molecule has 0 unspecified atom stereocenters. The van der Waals surface area contributed by atoms with Crippen LogP contribution in [0, 0.1) is 12.0 Å². The Labute approximate surface area is 180 Å². The van der Waals surface area contributed by atoms with E-state index in [-0.39, 0.29) is 17.5 Å². The highest BCUT2D eigenvalue weighted by atomic mass is 16.5. The van der Waals surface area contributed by atoms with Crippen LogP contribution in [0.4, 0.5) is 5.69 Å². The van der Waals surface area contributed by atoms with Crippen molar-refractivity contribution in [2.24, 2.45) is 11.5 Å². The van der Waals surface area contributed by atoms with Gasteiger partial charge in [0, 0.05) is 35.8 Å². The number of rotatable bonds is 8. The Kier molecular flexibility index (Phi) is 9.19. The number of benzene rings is 2. The molecule has 0 fully saturated rings. The van der Waals surface area contributed by atoms with E-state index < -0.39 is 17.9 Å². The molecule has 0 aliphatic rings. The lowest BCUT2D eigenvalue weighted by Crippen LogP contribution is -2.50. The van der Waals surface area contributed by atoms with Crippen LogP contribution in [0.15, 0.2) is 54.6 Å². The molecule has 0 aliphatic carbocycles. The van der Waals surface area contributed by atoms with Crippen LogP contribution in [0.2, 0.25) is 0 Å². The van der Waals surface area contributed by atoms with Gasteiger partial charge in [-0.1, -0.05) is 18.2 Å². The van der Waals surface area contributed by atoms with Gasteiger partial charge in [0.2, 0.25) is 5.91 Å². The predicted molar refractivity (Wildman–Crippen MR) is 116 cm³/mol. The first-order valence-electron chi connectivity index (χ1n) is 9.65. The van der Waals surface area contributed by atoms with Crippen molar-refractivity contribution in [3.8, 4) is 12.0 Å². The number of hydroxylamine groups is 2. The Morgan fingerprint density at radius 2 is 1.71 bits per heavy atom. The number of carbonyl (C=O) groups is 3. The number of nitrogens with two attached hydrogens (primary N) is 2. The summed E-state index contributed by atoms with van der Waals surface area (Å²) in [6.45, 7) is 0.230. The van der Waals surface area contributed by atoms with Crippen LogP contribution in [0.25, 0.3) is 0 Å². The van der Waals surface area contributed by atoms with Crippen LogP contribution >= 0.6 is 0 Å². The van der Waals surface area contributed by atoms with Crippen molar-refractivity contribution in [1.29, 1.82) is 0 Å². The van der Waals surface area contributed by atoms with Gasteiger partial charge in [-0.25, -0.2) is 0 Å². The van der Waals surface area contributed by atoms with Crippen molar-refractivity contribution >= 4 is 23.4 Å². The quantitative estimate of drug-likeness (QED) is 0.182. The van der Waals surface area contributed by atoms with Crippen LogP contribution in [0.3, 0.4) is 0 Å². The standard InChI is InChI=1S/C22H25N5O4/c23-13-4-7-20(28)25-18-10-8-16(9-11-18)12-14-27(31)22(30)19(15-24)26-21(29)17-5-2-1-3-6-17/h1-3,5-6,8-11,19,31H,4,7,13,15,23-24H2,(H,25,28)(H,26,29)/t19-/m0/s1. The van der Waals surface area contributed by atoms with Gasteiger partial charge < -0.3 is 22.1 Å². The average Bonchev–Trinajstić information content (AvgIpc) is 2.80. The summed E-state index contributed by atoms with van der Waals surface area (Å²) in [7, 11) is 0. The summed E-state index contributed by atoms with van der Waals surface area (Å²) in [5, 5.41) is 15.4. The van der Waals surface area contributed by atoms with E-state index in [0.717, 1.165) is 0 Å². The van der Waals surface area contributed by atoms with Gasteiger partial charge in [-0.3, -0.25) is 19.6 Å². The molecule has 9 heteroatoms. The molecule has 0 bridgehead atoms. The van der Waals surface area contributed by atoms with Crippen LogP contribution in [0.1, 0.15) is 28.8 Å². The number of hydrogen-bond acceptors (Lipinski definition) is 6. The number of carbonyl (C=O) groups excluding carboxylic acids is 3. The first-order chi connectivity index (χ1) is 14.9. The third kappa shape index (κ3) is 7.56. The largest absolute Gasteiger partial charge is 0.339 e. The highest BCUT2D eigenvalue weighted by Crippen LogP contribution is 2.09. The smallest absolute Gasteiger partial charge is 0.282 e. The summed E-state index contributed by atoms with van der Waals surface area (Å²) >= 11 is 0. The van der Waals surface area contributed by atoms with Crippen LogP contribution < -0.4 is 22.1 Å². The van der Waals surface area contributed by atoms with Crippen LogP contribution in [-0.4, -0.2) is 47.1 Å². The molecule has 9 nitrogen and oxygen atoms in total. The summed E-state index contributed by atoms with van der Waals surface area (Å²) < 4.78 is 0. The Morgan fingerprint density at radius 3 is 2.32 bits per heavy atom. The summed E-state index contributed by atoms with van der Waals surface area (Å²) in [5.74, 6) is 1.14. The molecule has 7 N–H and O–H groups in total. The van der Waals surface area contributed by atoms with Gasteiger partial charge in [0.25, 0.3) is 11.8 Å². The second-order valence-electron chi connectivity index (χ2n) is 6.53. The van der Waals surface area contributed by atoms with Crippen LogP contribution in [0.5, 0.6) is 0 Å². The maximum Gasteiger partial charge on any atom is 0.282 e. The fourth-order valence-electron chi connectivity index (χ4n) is 2.50. The minimum Gasteiger partial charge on any atom is -0.339 e. The molecule has 1 atom stereocenters. The molecule has 2 rings (SSSR count). The number of amides is 3. The molecule has 2 aromatic carbocycles. The van der Waals surface area contributed by atoms with Gasteiger partial charge in [0.05, 0.1) is 0 Å². The van der Waals surface area contributed by atoms with Gasteiger partial charge in [-0.2, -0.15) is 0 Å². The molecule has 0 saturated carbocycles. The molecule has 0 aliphatic heterocycles. The average molecular weight is 423 g/mol. The van der Waals surface area contributed by atoms with E-state index >= 15 is 0 Å². The molecule has 31 heavy (non-hydrogen) atoms. The molecular weight excluding hydrogens is 398 g/mol. The number of nitrogens with zero attached hydrogens (tertiary/aromatic N) is 1. The third-order valence-electron chi connectivity index (χ3n) is 4.17. The summed E-state index contributed by atoms with van der Waals surface area (Å²) in [5.41, 5.74) is 12.4. The maximum absolute atomic E-state index is 12.3. The molecule has 0 aromatic heterocycles. The Bertz CT molecular complexity index is 951. The minimum atomic E-state index is -1.14. The van der Waals surface area contributed by atoms with Crippen molar-refractivity contribution in [3.63, 3.8) is 0 Å². The van der Waals surface area contributed by atoms with Gasteiger partial charge >= 0.3 is 0 Å². The predicted octanol–water partition coefficient (Wildman–Crippen LogP) is 0.648. The zero-order chi connectivity index (χ0) is 22.6. The minimum absolute atomic E-state index is 0.137. The molecule has 0 radical (unpaired) electrons. The van der Waals surface area contributed by atoms with E-state index in [4.69, 9.17) is 11.5 Å². The van der Waals surface area contributed by atoms with E-state index in [1.54, 1.807) is 54.6 Å². The Morgan fingerprint density at radius 1 is 1.03 bits per heavy atom. The second-order valence-corrected chi connectivity index (χ2v) is 6.53. The van der Waals surface area contributed by atoms with E-state index in [1.165, 1.54) is 0 Å². The molecule has 3 amide bonds. The molecule has 162 valence electrons. The summed E-state index contributed by atoms with van der Waals surface area (Å²) in [4.78, 5) is 36.2. The Hall–Kier alpha value is -3.71. The van der Waals surface area contributed by atoms with E-state index in [1.807, 2.05) is 0 Å². The fourth-order valence-corrected chi connectivity index (χ4v) is 2.50. The first kappa shape index (κ1) is 23.6. The zero-order valence-corrected chi connectivity index (χ0v) is 16.9. The lowest BCUT2D eigenvalue weighted by molar-refractivity contribution is -0.153. The topological polar surface area (TPSA) is 151 Å². The fraction of sp³-hybridized carbons (Fsp3) is 0.227. The van der Waals surface area contributed by atoms with E-state index in [0.29, 0.717) is 36.2 Å². The van der Waals surface area contributed by atoms with E-state index in [2.05, 4.69) is 22.6 Å². The Balaban J connectivity index is 1.95. The maximum atomic E-state index is 12.3. The lowest BCUT2D eigenvalue weighted by Gasteiger charge is -2.18. The van der Waals surface area contributed by atoms with Crippen molar-refractivity contribution < 1.29 is 19.6 Å². The van der Waals surface area contributed by atoms with Crippen LogP contribution in [-0.2, 0) is 9.59 Å². The molecule has 0 saturated heterocycles. The summed E-state index contributed by atoms with van der Waals surface area (Å²) in [6, 6.07) is 16.0. The number of hydrogen-bond donors (Lipinski definition) is 5. The molecule has 0 spiro atoms. The van der Waals surface area contributed by atoms with Crippen molar-refractivity contribution in [1.82, 2.24) is 10.4 Å². The van der Waals surface area contributed by atoms with Gasteiger partial charge in [-0.15, -0.1) is 5.06 Å². The normalized spacial score (nSPS) is 10.9. The second kappa shape index (κ2) is 12.1. The lowest BCUT2D eigenvalue weighted by atomic mass is 10.2. The number of anilines is 1.